The minimum atomic E-state index is -3.92. The molecule has 0 aliphatic heterocycles. The summed E-state index contributed by atoms with van der Waals surface area (Å²) < 4.78 is 35.7. The molecular weight excluding hydrogens is 496 g/mol. The zero-order valence-electron chi connectivity index (χ0n) is 22.9. The van der Waals surface area contributed by atoms with Crippen LogP contribution in [-0.4, -0.2) is 13.7 Å². The van der Waals surface area contributed by atoms with E-state index in [-0.39, 0.29) is 16.2 Å². The van der Waals surface area contributed by atoms with Gasteiger partial charge >= 0.3 is 0 Å². The van der Waals surface area contributed by atoms with E-state index < -0.39 is 25.7 Å². The molecule has 0 N–H and O–H groups in total. The number of hydrogen-bond acceptors (Lipinski definition) is 3. The molecule has 2 saturated carbocycles. The van der Waals surface area contributed by atoms with E-state index in [0.29, 0.717) is 12.3 Å². The Morgan fingerprint density at radius 1 is 0.757 bits per heavy atom. The molecule has 5 rings (SSSR count). The third-order valence-electron chi connectivity index (χ3n) is 9.46. The van der Waals surface area contributed by atoms with Crippen LogP contribution in [0.1, 0.15) is 66.4 Å². The predicted molar refractivity (Wildman–Crippen MR) is 153 cm³/mol. The maximum Gasteiger partial charge on any atom is 0.280 e. The summed E-state index contributed by atoms with van der Waals surface area (Å²) in [7, 11) is -6.48. The normalized spacial score (nSPS) is 25.8. The van der Waals surface area contributed by atoms with Crippen LogP contribution in [0.2, 0.25) is 0 Å². The van der Waals surface area contributed by atoms with Crippen LogP contribution < -0.4 is 0 Å². The van der Waals surface area contributed by atoms with Crippen LogP contribution in [0.5, 0.6) is 0 Å². The summed E-state index contributed by atoms with van der Waals surface area (Å²) in [6, 6.07) is 28.3. The lowest BCUT2D eigenvalue weighted by atomic mass is 9.71. The summed E-state index contributed by atoms with van der Waals surface area (Å²) in [4.78, 5) is 2.68. The Morgan fingerprint density at radius 3 is 1.65 bits per heavy atom. The Morgan fingerprint density at radius 2 is 1.24 bits per heavy atom. The van der Waals surface area contributed by atoms with E-state index in [2.05, 4.69) is 65.8 Å². The van der Waals surface area contributed by atoms with E-state index in [1.165, 1.54) is 5.56 Å². The van der Waals surface area contributed by atoms with Crippen molar-refractivity contribution in [1.29, 1.82) is 0 Å². The third kappa shape index (κ3) is 4.18. The van der Waals surface area contributed by atoms with Gasteiger partial charge in [-0.3, -0.25) is 0 Å². The molecular formula is C32H40O3S2. The highest BCUT2D eigenvalue weighted by Gasteiger charge is 2.66. The summed E-state index contributed by atoms with van der Waals surface area (Å²) in [5, 5.41) is -0.512. The van der Waals surface area contributed by atoms with Crippen molar-refractivity contribution in [1.82, 2.24) is 0 Å². The molecule has 0 amide bonds. The summed E-state index contributed by atoms with van der Waals surface area (Å²) in [5.74, 6) is 0.407. The molecule has 3 nitrogen and oxygen atoms in total. The molecule has 0 spiro atoms. The van der Waals surface area contributed by atoms with Gasteiger partial charge in [0.1, 0.15) is 0 Å². The van der Waals surface area contributed by atoms with Gasteiger partial charge in [-0.1, -0.05) is 90.1 Å². The molecule has 3 aromatic rings. The van der Waals surface area contributed by atoms with Gasteiger partial charge in [-0.2, -0.15) is 8.42 Å². The fourth-order valence-corrected chi connectivity index (χ4v) is 13.1. The molecule has 3 aromatic carbocycles. The molecule has 5 heteroatoms. The maximum absolute atomic E-state index is 14.5. The van der Waals surface area contributed by atoms with Crippen molar-refractivity contribution in [2.24, 2.45) is 16.7 Å². The largest absolute Gasteiger partial charge is 0.280 e. The Labute approximate surface area is 225 Å². The summed E-state index contributed by atoms with van der Waals surface area (Å²) in [6.07, 6.45) is 2.70. The smallest absolute Gasteiger partial charge is 0.206 e. The van der Waals surface area contributed by atoms with Gasteiger partial charge < -0.3 is 0 Å². The van der Waals surface area contributed by atoms with Crippen molar-refractivity contribution in [3.8, 4) is 0 Å². The molecule has 3 unspecified atom stereocenters. The van der Waals surface area contributed by atoms with Crippen LogP contribution in [0.3, 0.4) is 0 Å². The maximum atomic E-state index is 14.5. The van der Waals surface area contributed by atoms with Crippen molar-refractivity contribution in [2.45, 2.75) is 86.2 Å². The Bertz CT molecular complexity index is 1320. The molecule has 2 aliphatic carbocycles. The first-order valence-electron chi connectivity index (χ1n) is 13.3. The first-order chi connectivity index (χ1) is 17.3. The van der Waals surface area contributed by atoms with Crippen molar-refractivity contribution in [3.63, 3.8) is 0 Å². The molecule has 0 aromatic heterocycles. The second-order valence-corrected chi connectivity index (χ2v) is 17.2. The van der Waals surface area contributed by atoms with Crippen LogP contribution in [0.25, 0.3) is 0 Å². The molecule has 2 aliphatic rings. The van der Waals surface area contributed by atoms with Crippen LogP contribution in [0.15, 0.2) is 99.6 Å². The highest BCUT2D eigenvalue weighted by molar-refractivity contribution is 8.33. The predicted octanol–water partition coefficient (Wildman–Crippen LogP) is 8.74. The van der Waals surface area contributed by atoms with E-state index in [9.17, 15) is 8.42 Å². The monoisotopic (exact) mass is 536 g/mol. The van der Waals surface area contributed by atoms with Crippen LogP contribution in [0.4, 0.5) is 0 Å². The first kappa shape index (κ1) is 26.5. The van der Waals surface area contributed by atoms with Gasteiger partial charge in [0.2, 0.25) is 0 Å². The summed E-state index contributed by atoms with van der Waals surface area (Å²) >= 11 is 0. The molecule has 2 bridgehead atoms. The fourth-order valence-electron chi connectivity index (χ4n) is 6.65. The van der Waals surface area contributed by atoms with Crippen molar-refractivity contribution in [3.05, 3.63) is 90.5 Å². The highest BCUT2D eigenvalue weighted by Crippen LogP contribution is 2.73. The summed E-state index contributed by atoms with van der Waals surface area (Å²) in [5.41, 5.74) is 0.869. The fraction of sp³-hybridized carbons (Fsp3) is 0.438. The number of fused-ring (bicyclic) bond motifs is 2. The Balaban J connectivity index is 1.71. The van der Waals surface area contributed by atoms with Crippen LogP contribution in [-0.2, 0) is 19.2 Å². The van der Waals surface area contributed by atoms with E-state index in [1.807, 2.05) is 60.7 Å². The second kappa shape index (κ2) is 9.00. The van der Waals surface area contributed by atoms with Gasteiger partial charge in [0, 0.05) is 14.7 Å². The quantitative estimate of drug-likeness (QED) is 0.316. The highest BCUT2D eigenvalue weighted by atomic mass is 32.3. The molecule has 0 heterocycles. The van der Waals surface area contributed by atoms with Gasteiger partial charge in [-0.05, 0) is 93.7 Å². The number of hydrogen-bond donors (Lipinski definition) is 0. The lowest BCUT2D eigenvalue weighted by molar-refractivity contribution is 0.152. The van der Waals surface area contributed by atoms with E-state index >= 15 is 0 Å². The third-order valence-corrected chi connectivity index (χ3v) is 15.3. The van der Waals surface area contributed by atoms with Crippen LogP contribution >= 0.6 is 10.3 Å². The Kier molecular flexibility index (Phi) is 6.45. The van der Waals surface area contributed by atoms with Crippen molar-refractivity contribution >= 4 is 20.4 Å². The molecule has 37 heavy (non-hydrogen) atoms. The van der Waals surface area contributed by atoms with E-state index in [4.69, 9.17) is 3.63 Å². The van der Waals surface area contributed by atoms with Crippen molar-refractivity contribution in [2.75, 3.05) is 0 Å². The Hall–Kier alpha value is -2.08. The lowest BCUT2D eigenvalue weighted by Crippen LogP contribution is -2.41. The zero-order valence-corrected chi connectivity index (χ0v) is 24.5. The zero-order chi connectivity index (χ0) is 26.7. The van der Waals surface area contributed by atoms with E-state index in [0.717, 1.165) is 27.5 Å². The standard InChI is InChI=1S/C32H40O3S2/c1-30(2,3)24-17-19-28(20-18-24)36(26-13-9-7-10-14-26,27-15-11-8-12-16-27)35-37(33,34)29-23-25-21-22-32(29,6)31(25,4)5/h7-20,25,29H,21-23H2,1-6H3. The molecule has 0 saturated heterocycles. The summed E-state index contributed by atoms with van der Waals surface area (Å²) in [6.45, 7) is 13.2. The van der Waals surface area contributed by atoms with Crippen LogP contribution in [0, 0.1) is 16.7 Å². The minimum absolute atomic E-state index is 0.00773. The van der Waals surface area contributed by atoms with Gasteiger partial charge in [0.15, 0.2) is 0 Å². The van der Waals surface area contributed by atoms with Gasteiger partial charge in [-0.15, -0.1) is 0 Å². The first-order valence-corrected chi connectivity index (χ1v) is 16.3. The lowest BCUT2D eigenvalue weighted by Gasteiger charge is -2.43. The van der Waals surface area contributed by atoms with Gasteiger partial charge in [-0.25, -0.2) is 3.63 Å². The van der Waals surface area contributed by atoms with Gasteiger partial charge in [0.25, 0.3) is 10.1 Å². The van der Waals surface area contributed by atoms with Crippen molar-refractivity contribution < 1.29 is 12.0 Å². The average Bonchev–Trinajstić information content (AvgIpc) is 3.22. The number of rotatable bonds is 6. The average molecular weight is 537 g/mol. The topological polar surface area (TPSA) is 43.4 Å². The molecule has 3 atom stereocenters. The molecule has 198 valence electrons. The second-order valence-electron chi connectivity index (χ2n) is 12.6. The van der Waals surface area contributed by atoms with E-state index in [1.54, 1.807) is 0 Å². The molecule has 0 radical (unpaired) electrons. The minimum Gasteiger partial charge on any atom is -0.206 e. The number of benzene rings is 3. The molecule has 2 fully saturated rings. The SMILES string of the molecule is CC(C)(C)c1ccc(S(OS(=O)(=O)C2CC3CCC2(C)C3(C)C)(c2ccccc2)c2ccccc2)cc1. The van der Waals surface area contributed by atoms with Gasteiger partial charge in [0.05, 0.1) is 5.25 Å².